The minimum absolute atomic E-state index is 0.0188. The van der Waals surface area contributed by atoms with Crippen LogP contribution >= 0.6 is 0 Å². The van der Waals surface area contributed by atoms with Crippen LogP contribution in [0.1, 0.15) is 41.6 Å². The second-order valence-corrected chi connectivity index (χ2v) is 7.54. The lowest BCUT2D eigenvalue weighted by molar-refractivity contribution is -0.124. The van der Waals surface area contributed by atoms with Gasteiger partial charge in [0.25, 0.3) is 5.91 Å². The van der Waals surface area contributed by atoms with Gasteiger partial charge in [-0.15, -0.1) is 0 Å². The number of carbonyl (C=O) groups is 2. The minimum Gasteiger partial charge on any atom is -0.497 e. The van der Waals surface area contributed by atoms with E-state index in [4.69, 9.17) is 9.47 Å². The van der Waals surface area contributed by atoms with Gasteiger partial charge in [-0.05, 0) is 24.6 Å². The molecule has 0 bridgehead atoms. The van der Waals surface area contributed by atoms with Crippen molar-refractivity contribution in [3.8, 4) is 11.5 Å². The highest BCUT2D eigenvalue weighted by molar-refractivity contribution is 5.95. The van der Waals surface area contributed by atoms with E-state index in [2.05, 4.69) is 12.2 Å². The zero-order valence-electron chi connectivity index (χ0n) is 17.9. The molecule has 1 aliphatic rings. The fraction of sp³-hybridized carbons (Fsp3) is 0.417. The van der Waals surface area contributed by atoms with Crippen molar-refractivity contribution in [2.24, 2.45) is 5.92 Å². The molecule has 6 nitrogen and oxygen atoms in total. The molecule has 0 spiro atoms. The molecule has 2 atom stereocenters. The molecular weight excluding hydrogens is 380 g/mol. The number of nitrogens with one attached hydrogen (secondary N) is 1. The molecule has 6 heteroatoms. The molecule has 1 heterocycles. The van der Waals surface area contributed by atoms with Gasteiger partial charge < -0.3 is 19.7 Å². The van der Waals surface area contributed by atoms with Gasteiger partial charge in [-0.2, -0.15) is 0 Å². The molecule has 0 aliphatic carbocycles. The van der Waals surface area contributed by atoms with E-state index < -0.39 is 0 Å². The van der Waals surface area contributed by atoms with Crippen LogP contribution in [0.4, 0.5) is 0 Å². The van der Waals surface area contributed by atoms with Crippen LogP contribution in [0.15, 0.2) is 48.5 Å². The molecule has 0 saturated carbocycles. The van der Waals surface area contributed by atoms with Gasteiger partial charge in [-0.3, -0.25) is 9.59 Å². The Labute approximate surface area is 178 Å². The molecule has 0 unspecified atom stereocenters. The summed E-state index contributed by atoms with van der Waals surface area (Å²) in [5.74, 6) is 0.790. The second-order valence-electron chi connectivity index (χ2n) is 7.54. The lowest BCUT2D eigenvalue weighted by atomic mass is 9.87. The Bertz CT molecular complexity index is 869. The summed E-state index contributed by atoms with van der Waals surface area (Å²) in [6.45, 7) is 3.58. The molecule has 1 aliphatic heterocycles. The average molecular weight is 411 g/mol. The van der Waals surface area contributed by atoms with Crippen LogP contribution in [-0.2, 0) is 4.79 Å². The van der Waals surface area contributed by atoms with Crippen LogP contribution < -0.4 is 14.8 Å². The Morgan fingerprint density at radius 3 is 2.50 bits per heavy atom. The van der Waals surface area contributed by atoms with Gasteiger partial charge in [0.15, 0.2) is 0 Å². The first-order valence-electron chi connectivity index (χ1n) is 10.4. The van der Waals surface area contributed by atoms with Crippen molar-refractivity contribution >= 4 is 11.8 Å². The third-order valence-corrected chi connectivity index (χ3v) is 5.63. The SMILES string of the molecule is CCCCNC(=O)[C@@H]1CN(C(=O)c2ccccc2)C[C@H]1c1ccc(OC)cc1OC. The second kappa shape index (κ2) is 10.1. The summed E-state index contributed by atoms with van der Waals surface area (Å²) < 4.78 is 10.9. The summed E-state index contributed by atoms with van der Waals surface area (Å²) >= 11 is 0. The van der Waals surface area contributed by atoms with Crippen LogP contribution in [0, 0.1) is 5.92 Å². The largest absolute Gasteiger partial charge is 0.497 e. The molecule has 30 heavy (non-hydrogen) atoms. The fourth-order valence-electron chi connectivity index (χ4n) is 3.96. The molecular formula is C24H30N2O4. The van der Waals surface area contributed by atoms with Crippen LogP contribution in [-0.4, -0.2) is 50.6 Å². The molecule has 160 valence electrons. The van der Waals surface area contributed by atoms with E-state index in [0.717, 1.165) is 18.4 Å². The standard InChI is InChI=1S/C24H30N2O4/c1-4-5-13-25-23(27)21-16-26(24(28)17-9-7-6-8-10-17)15-20(21)19-12-11-18(29-2)14-22(19)30-3/h6-12,14,20-21H,4-5,13,15-16H2,1-3H3,(H,25,27)/t20-,21+/m0/s1. The summed E-state index contributed by atoms with van der Waals surface area (Å²) in [7, 11) is 3.21. The lowest BCUT2D eigenvalue weighted by Gasteiger charge is -2.21. The minimum atomic E-state index is -0.336. The maximum atomic E-state index is 13.1. The quantitative estimate of drug-likeness (QED) is 0.677. The number of benzene rings is 2. The zero-order chi connectivity index (χ0) is 21.5. The van der Waals surface area contributed by atoms with E-state index in [1.807, 2.05) is 36.4 Å². The van der Waals surface area contributed by atoms with E-state index in [1.165, 1.54) is 0 Å². The Balaban J connectivity index is 1.89. The third-order valence-electron chi connectivity index (χ3n) is 5.63. The van der Waals surface area contributed by atoms with Crippen molar-refractivity contribution in [2.75, 3.05) is 33.9 Å². The molecule has 0 aromatic heterocycles. The number of amides is 2. The first-order valence-corrected chi connectivity index (χ1v) is 10.4. The summed E-state index contributed by atoms with van der Waals surface area (Å²) in [5, 5.41) is 3.04. The van der Waals surface area contributed by atoms with Crippen molar-refractivity contribution in [1.82, 2.24) is 10.2 Å². The van der Waals surface area contributed by atoms with Crippen LogP contribution in [0.3, 0.4) is 0 Å². The van der Waals surface area contributed by atoms with Gasteiger partial charge in [0.05, 0.1) is 20.1 Å². The Hall–Kier alpha value is -3.02. The number of likely N-dealkylation sites (tertiary alicyclic amines) is 1. The molecule has 2 aromatic rings. The van der Waals surface area contributed by atoms with Crippen LogP contribution in [0.25, 0.3) is 0 Å². The molecule has 3 rings (SSSR count). The van der Waals surface area contributed by atoms with E-state index >= 15 is 0 Å². The smallest absolute Gasteiger partial charge is 0.253 e. The van der Waals surface area contributed by atoms with Gasteiger partial charge >= 0.3 is 0 Å². The Morgan fingerprint density at radius 2 is 1.83 bits per heavy atom. The number of ether oxygens (including phenoxy) is 2. The van der Waals surface area contributed by atoms with Crippen LogP contribution in [0.5, 0.6) is 11.5 Å². The number of methoxy groups -OCH3 is 2. The van der Waals surface area contributed by atoms with Gasteiger partial charge in [-0.1, -0.05) is 37.6 Å². The van der Waals surface area contributed by atoms with Crippen molar-refractivity contribution in [2.45, 2.75) is 25.7 Å². The summed E-state index contributed by atoms with van der Waals surface area (Å²) in [6.07, 6.45) is 1.95. The average Bonchev–Trinajstić information content (AvgIpc) is 3.24. The van der Waals surface area contributed by atoms with Gasteiger partial charge in [-0.25, -0.2) is 0 Å². The maximum absolute atomic E-state index is 13.1. The highest BCUT2D eigenvalue weighted by atomic mass is 16.5. The number of unbranched alkanes of at least 4 members (excludes halogenated alkanes) is 1. The van der Waals surface area contributed by atoms with Crippen molar-refractivity contribution in [3.05, 3.63) is 59.7 Å². The van der Waals surface area contributed by atoms with E-state index in [0.29, 0.717) is 36.7 Å². The first-order chi connectivity index (χ1) is 14.6. The fourth-order valence-corrected chi connectivity index (χ4v) is 3.96. The van der Waals surface area contributed by atoms with Gasteiger partial charge in [0.2, 0.25) is 5.91 Å². The molecule has 1 fully saturated rings. The normalized spacial score (nSPS) is 18.2. The van der Waals surface area contributed by atoms with Crippen molar-refractivity contribution in [3.63, 3.8) is 0 Å². The maximum Gasteiger partial charge on any atom is 0.253 e. The highest BCUT2D eigenvalue weighted by Gasteiger charge is 2.41. The van der Waals surface area contributed by atoms with Gasteiger partial charge in [0.1, 0.15) is 11.5 Å². The third kappa shape index (κ3) is 4.75. The van der Waals surface area contributed by atoms with Crippen LogP contribution in [0.2, 0.25) is 0 Å². The monoisotopic (exact) mass is 410 g/mol. The lowest BCUT2D eigenvalue weighted by Crippen LogP contribution is -2.36. The molecule has 0 radical (unpaired) electrons. The van der Waals surface area contributed by atoms with E-state index in [1.54, 1.807) is 31.3 Å². The predicted molar refractivity (Wildman–Crippen MR) is 116 cm³/mol. The van der Waals surface area contributed by atoms with E-state index in [-0.39, 0.29) is 23.7 Å². The summed E-state index contributed by atoms with van der Waals surface area (Å²) in [4.78, 5) is 27.8. The number of rotatable bonds is 8. The van der Waals surface area contributed by atoms with Crippen molar-refractivity contribution in [1.29, 1.82) is 0 Å². The molecule has 1 N–H and O–H groups in total. The number of nitrogens with zero attached hydrogens (tertiary/aromatic N) is 1. The Kier molecular flexibility index (Phi) is 7.33. The summed E-state index contributed by atoms with van der Waals surface area (Å²) in [6, 6.07) is 14.8. The van der Waals surface area contributed by atoms with E-state index in [9.17, 15) is 9.59 Å². The zero-order valence-corrected chi connectivity index (χ0v) is 17.9. The number of hydrogen-bond donors (Lipinski definition) is 1. The molecule has 2 amide bonds. The van der Waals surface area contributed by atoms with Crippen molar-refractivity contribution < 1.29 is 19.1 Å². The van der Waals surface area contributed by atoms with Gasteiger partial charge in [0, 0.05) is 42.7 Å². The molecule has 2 aromatic carbocycles. The molecule has 1 saturated heterocycles. The number of hydrogen-bond acceptors (Lipinski definition) is 4. The topological polar surface area (TPSA) is 67.9 Å². The highest BCUT2D eigenvalue weighted by Crippen LogP contribution is 2.39. The predicted octanol–water partition coefficient (Wildman–Crippen LogP) is 3.48. The number of carbonyl (C=O) groups excluding carboxylic acids is 2. The first kappa shape index (κ1) is 21.7. The summed E-state index contributed by atoms with van der Waals surface area (Å²) in [5.41, 5.74) is 1.54. The Morgan fingerprint density at radius 1 is 1.07 bits per heavy atom.